The molecule has 3 heteroatoms. The maximum atomic E-state index is 4.65. The second-order valence-electron chi connectivity index (χ2n) is 5.92. The first-order valence-corrected chi connectivity index (χ1v) is 7.56. The average Bonchev–Trinajstić information content (AvgIpc) is 2.42. The van der Waals surface area contributed by atoms with Gasteiger partial charge in [-0.1, -0.05) is 26.8 Å². The van der Waals surface area contributed by atoms with Gasteiger partial charge in [-0.25, -0.2) is 4.98 Å². The highest BCUT2D eigenvalue weighted by molar-refractivity contribution is 5.40. The molecule has 3 nitrogen and oxygen atoms in total. The lowest BCUT2D eigenvalue weighted by molar-refractivity contribution is 0.323. The van der Waals surface area contributed by atoms with E-state index in [1.807, 2.05) is 6.20 Å². The predicted molar refractivity (Wildman–Crippen MR) is 81.5 cm³/mol. The van der Waals surface area contributed by atoms with Crippen LogP contribution in [0.5, 0.6) is 0 Å². The van der Waals surface area contributed by atoms with Crippen LogP contribution in [0.2, 0.25) is 0 Å². The third-order valence-electron chi connectivity index (χ3n) is 4.44. The smallest absolute Gasteiger partial charge is 0.128 e. The Morgan fingerprint density at radius 3 is 2.74 bits per heavy atom. The Morgan fingerprint density at radius 2 is 2.16 bits per heavy atom. The number of piperidine rings is 1. The van der Waals surface area contributed by atoms with E-state index < -0.39 is 0 Å². The number of pyridine rings is 1. The summed E-state index contributed by atoms with van der Waals surface area (Å²) >= 11 is 0. The molecule has 2 heterocycles. The molecule has 3 atom stereocenters. The lowest BCUT2D eigenvalue weighted by Crippen LogP contribution is -2.38. The lowest BCUT2D eigenvalue weighted by atomic mass is 9.89. The normalized spacial score (nSPS) is 25.4. The quantitative estimate of drug-likeness (QED) is 0.902. The number of hydrogen-bond donors (Lipinski definition) is 1. The van der Waals surface area contributed by atoms with Gasteiger partial charge >= 0.3 is 0 Å². The zero-order valence-corrected chi connectivity index (χ0v) is 12.7. The Balaban J connectivity index is 2.02. The van der Waals surface area contributed by atoms with Crippen LogP contribution >= 0.6 is 0 Å². The van der Waals surface area contributed by atoms with E-state index in [0.29, 0.717) is 6.04 Å². The highest BCUT2D eigenvalue weighted by Gasteiger charge is 2.23. The Bertz CT molecular complexity index is 387. The molecule has 1 aromatic heterocycles. The third-order valence-corrected chi connectivity index (χ3v) is 4.44. The highest BCUT2D eigenvalue weighted by atomic mass is 15.2. The molecule has 0 aliphatic carbocycles. The van der Waals surface area contributed by atoms with E-state index in [0.717, 1.165) is 37.3 Å². The first-order valence-electron chi connectivity index (χ1n) is 7.56. The molecule has 2 rings (SSSR count). The van der Waals surface area contributed by atoms with E-state index in [9.17, 15) is 0 Å². The van der Waals surface area contributed by atoms with Crippen LogP contribution < -0.4 is 10.2 Å². The largest absolute Gasteiger partial charge is 0.356 e. The fourth-order valence-electron chi connectivity index (χ4n) is 2.74. The van der Waals surface area contributed by atoms with Gasteiger partial charge in [0.1, 0.15) is 5.82 Å². The fourth-order valence-corrected chi connectivity index (χ4v) is 2.74. The van der Waals surface area contributed by atoms with Crippen molar-refractivity contribution in [2.24, 2.45) is 11.8 Å². The van der Waals surface area contributed by atoms with Crippen LogP contribution in [0.3, 0.4) is 0 Å². The summed E-state index contributed by atoms with van der Waals surface area (Å²) in [6.07, 6.45) is 3.30. The zero-order chi connectivity index (χ0) is 13.8. The number of hydrogen-bond acceptors (Lipinski definition) is 3. The summed E-state index contributed by atoms with van der Waals surface area (Å²) < 4.78 is 0. The van der Waals surface area contributed by atoms with Crippen molar-refractivity contribution < 1.29 is 0 Å². The molecule has 3 unspecified atom stereocenters. The second-order valence-corrected chi connectivity index (χ2v) is 5.92. The SMILES string of the molecule is CCNC(C)c1ccc(N2CCC(C)C(C)C2)nc1. The van der Waals surface area contributed by atoms with Gasteiger partial charge in [-0.2, -0.15) is 0 Å². The Morgan fingerprint density at radius 1 is 1.37 bits per heavy atom. The summed E-state index contributed by atoms with van der Waals surface area (Å²) in [6, 6.07) is 4.76. The van der Waals surface area contributed by atoms with Gasteiger partial charge in [0.05, 0.1) is 0 Å². The molecule has 1 aliphatic heterocycles. The molecule has 0 saturated carbocycles. The molecule has 0 spiro atoms. The van der Waals surface area contributed by atoms with Gasteiger partial charge in [-0.05, 0) is 43.4 Å². The molecular weight excluding hydrogens is 234 g/mol. The van der Waals surface area contributed by atoms with E-state index in [4.69, 9.17) is 0 Å². The third kappa shape index (κ3) is 3.47. The average molecular weight is 261 g/mol. The zero-order valence-electron chi connectivity index (χ0n) is 12.7. The van der Waals surface area contributed by atoms with E-state index in [2.05, 4.69) is 55.0 Å². The molecule has 1 aliphatic rings. The van der Waals surface area contributed by atoms with Crippen molar-refractivity contribution in [3.8, 4) is 0 Å². The molecule has 1 N–H and O–H groups in total. The maximum Gasteiger partial charge on any atom is 0.128 e. The van der Waals surface area contributed by atoms with E-state index >= 15 is 0 Å². The standard InChI is InChI=1S/C16H27N3/c1-5-17-14(4)15-6-7-16(18-10-15)19-9-8-12(2)13(3)11-19/h6-7,10,12-14,17H,5,8-9,11H2,1-4H3. The molecule has 106 valence electrons. The van der Waals surface area contributed by atoms with E-state index in [1.165, 1.54) is 12.0 Å². The number of nitrogens with one attached hydrogen (secondary N) is 1. The fraction of sp³-hybridized carbons (Fsp3) is 0.688. The summed E-state index contributed by atoms with van der Waals surface area (Å²) in [6.45, 7) is 12.3. The molecule has 0 radical (unpaired) electrons. The van der Waals surface area contributed by atoms with Crippen LogP contribution in [-0.2, 0) is 0 Å². The molecule has 0 bridgehead atoms. The van der Waals surface area contributed by atoms with Crippen LogP contribution in [0.25, 0.3) is 0 Å². The summed E-state index contributed by atoms with van der Waals surface area (Å²) in [5, 5.41) is 3.42. The monoisotopic (exact) mass is 261 g/mol. The first-order chi connectivity index (χ1) is 9.11. The molecule has 19 heavy (non-hydrogen) atoms. The van der Waals surface area contributed by atoms with Gasteiger partial charge in [0.2, 0.25) is 0 Å². The van der Waals surface area contributed by atoms with Crippen LogP contribution in [0.4, 0.5) is 5.82 Å². The molecule has 0 amide bonds. The van der Waals surface area contributed by atoms with Crippen LogP contribution in [0.15, 0.2) is 18.3 Å². The van der Waals surface area contributed by atoms with Crippen molar-refractivity contribution in [3.63, 3.8) is 0 Å². The predicted octanol–water partition coefficient (Wildman–Crippen LogP) is 3.23. The topological polar surface area (TPSA) is 28.2 Å². The van der Waals surface area contributed by atoms with Crippen molar-refractivity contribution in [1.29, 1.82) is 0 Å². The van der Waals surface area contributed by atoms with Crippen LogP contribution in [0.1, 0.15) is 45.7 Å². The minimum atomic E-state index is 0.381. The summed E-state index contributed by atoms with van der Waals surface area (Å²) in [4.78, 5) is 7.07. The number of nitrogens with zero attached hydrogens (tertiary/aromatic N) is 2. The molecule has 1 fully saturated rings. The minimum Gasteiger partial charge on any atom is -0.356 e. The Hall–Kier alpha value is -1.09. The lowest BCUT2D eigenvalue weighted by Gasteiger charge is -2.36. The van der Waals surface area contributed by atoms with Crippen LogP contribution in [0, 0.1) is 11.8 Å². The number of rotatable bonds is 4. The summed E-state index contributed by atoms with van der Waals surface area (Å²) in [5.74, 6) is 2.73. The minimum absolute atomic E-state index is 0.381. The number of aromatic nitrogens is 1. The van der Waals surface area contributed by atoms with E-state index in [-0.39, 0.29) is 0 Å². The van der Waals surface area contributed by atoms with Crippen LogP contribution in [-0.4, -0.2) is 24.6 Å². The Labute approximate surface area is 117 Å². The molecule has 1 aromatic rings. The van der Waals surface area contributed by atoms with E-state index in [1.54, 1.807) is 0 Å². The van der Waals surface area contributed by atoms with Gasteiger partial charge < -0.3 is 10.2 Å². The molecule has 1 saturated heterocycles. The van der Waals surface area contributed by atoms with Crippen molar-refractivity contribution in [3.05, 3.63) is 23.9 Å². The molecule has 0 aromatic carbocycles. The van der Waals surface area contributed by atoms with Crippen molar-refractivity contribution in [2.75, 3.05) is 24.5 Å². The highest BCUT2D eigenvalue weighted by Crippen LogP contribution is 2.26. The number of anilines is 1. The Kier molecular flexibility index (Phi) is 4.81. The van der Waals surface area contributed by atoms with Crippen molar-refractivity contribution in [1.82, 2.24) is 10.3 Å². The second kappa shape index (κ2) is 6.38. The van der Waals surface area contributed by atoms with Gasteiger partial charge in [0.15, 0.2) is 0 Å². The summed E-state index contributed by atoms with van der Waals surface area (Å²) in [7, 11) is 0. The van der Waals surface area contributed by atoms with Gasteiger partial charge in [-0.15, -0.1) is 0 Å². The van der Waals surface area contributed by atoms with Gasteiger partial charge in [0.25, 0.3) is 0 Å². The van der Waals surface area contributed by atoms with Crippen molar-refractivity contribution >= 4 is 5.82 Å². The van der Waals surface area contributed by atoms with Crippen molar-refractivity contribution in [2.45, 2.75) is 40.2 Å². The summed E-state index contributed by atoms with van der Waals surface area (Å²) in [5.41, 5.74) is 1.27. The molecular formula is C16H27N3. The van der Waals surface area contributed by atoms with Gasteiger partial charge in [-0.3, -0.25) is 0 Å². The maximum absolute atomic E-state index is 4.65. The first kappa shape index (κ1) is 14.3. The van der Waals surface area contributed by atoms with Gasteiger partial charge in [0, 0.05) is 25.3 Å².